The van der Waals surface area contributed by atoms with Crippen molar-refractivity contribution in [1.82, 2.24) is 4.98 Å². The molecule has 0 fully saturated rings. The number of halogens is 2. The lowest BCUT2D eigenvalue weighted by molar-refractivity contribution is 0.584. The third-order valence-corrected chi connectivity index (χ3v) is 3.69. The normalized spacial score (nSPS) is 10.8. The molecule has 27 heavy (non-hydrogen) atoms. The lowest BCUT2D eigenvalue weighted by Gasteiger charge is -2.07. The Kier molecular flexibility index (Phi) is 7.02. The number of nitrogens with two attached hydrogens (primary N) is 1. The molecule has 2 N–H and O–H groups in total. The van der Waals surface area contributed by atoms with Crippen LogP contribution in [-0.4, -0.2) is 24.6 Å². The summed E-state index contributed by atoms with van der Waals surface area (Å²) < 4.78 is 26.8. The Labute approximate surface area is 157 Å². The first-order chi connectivity index (χ1) is 13.1. The van der Waals surface area contributed by atoms with E-state index in [1.54, 1.807) is 30.6 Å². The number of amidine groups is 1. The Hall–Kier alpha value is -3.25. The molecule has 1 aromatic heterocycles. The Balaban J connectivity index is 0.00000126. The summed E-state index contributed by atoms with van der Waals surface area (Å²) in [4.78, 5) is 12.5. The maximum atomic E-state index is 13.4. The van der Waals surface area contributed by atoms with Crippen LogP contribution in [-0.2, 0) is 0 Å². The van der Waals surface area contributed by atoms with Crippen molar-refractivity contribution in [2.75, 3.05) is 7.05 Å². The monoisotopic (exact) mass is 366 g/mol. The Morgan fingerprint density at radius 1 is 1.00 bits per heavy atom. The molecule has 0 saturated carbocycles. The average Bonchev–Trinajstić information content (AvgIpc) is 2.68. The van der Waals surface area contributed by atoms with Gasteiger partial charge in [0, 0.05) is 24.0 Å². The molecule has 0 spiro atoms. The molecule has 0 atom stereocenters. The van der Waals surface area contributed by atoms with Crippen LogP contribution in [0.3, 0.4) is 0 Å². The van der Waals surface area contributed by atoms with Crippen molar-refractivity contribution in [3.8, 4) is 11.1 Å². The second-order valence-electron chi connectivity index (χ2n) is 5.49. The van der Waals surface area contributed by atoms with E-state index < -0.39 is 11.6 Å². The molecule has 0 radical (unpaired) electrons. The van der Waals surface area contributed by atoms with Crippen LogP contribution >= 0.6 is 0 Å². The zero-order valence-electron chi connectivity index (χ0n) is 15.2. The van der Waals surface area contributed by atoms with Gasteiger partial charge >= 0.3 is 0 Å². The van der Waals surface area contributed by atoms with E-state index >= 15 is 0 Å². The first kappa shape index (κ1) is 20.1. The van der Waals surface area contributed by atoms with E-state index in [0.717, 1.165) is 17.2 Å². The van der Waals surface area contributed by atoms with Gasteiger partial charge < -0.3 is 5.73 Å². The summed E-state index contributed by atoms with van der Waals surface area (Å²) in [6.07, 6.45) is 3.33. The highest BCUT2D eigenvalue weighted by Crippen LogP contribution is 2.28. The first-order valence-electron chi connectivity index (χ1n) is 8.17. The van der Waals surface area contributed by atoms with Crippen molar-refractivity contribution in [2.24, 2.45) is 15.7 Å². The van der Waals surface area contributed by atoms with E-state index in [1.165, 1.54) is 19.2 Å². The summed E-state index contributed by atoms with van der Waals surface area (Å²) in [7, 11) is 1.50. The van der Waals surface area contributed by atoms with E-state index in [9.17, 15) is 8.78 Å². The molecular weight excluding hydrogens is 346 g/mol. The Bertz CT molecular complexity index is 933. The van der Waals surface area contributed by atoms with Gasteiger partial charge in [-0.05, 0) is 73.8 Å². The standard InChI is InChI=1S/C20H15F2N3.CH5N/c1-13-8-14(16-9-17(21)11-18(22)10-16)5-6-19(13)25-20(23-2)15-4-3-7-24-12-15;1-2/h3-12H,2H2,1H3;2H2,1H3. The average molecular weight is 366 g/mol. The number of benzene rings is 2. The highest BCUT2D eigenvalue weighted by Gasteiger charge is 2.07. The lowest BCUT2D eigenvalue weighted by atomic mass is 10.0. The maximum absolute atomic E-state index is 13.4. The van der Waals surface area contributed by atoms with Gasteiger partial charge in [-0.2, -0.15) is 0 Å². The van der Waals surface area contributed by atoms with Crippen LogP contribution in [0.25, 0.3) is 11.1 Å². The van der Waals surface area contributed by atoms with Crippen LogP contribution in [0.15, 0.2) is 70.9 Å². The van der Waals surface area contributed by atoms with Gasteiger partial charge in [0.05, 0.1) is 5.69 Å². The van der Waals surface area contributed by atoms with E-state index in [-0.39, 0.29) is 0 Å². The number of hydrogen-bond donors (Lipinski definition) is 1. The van der Waals surface area contributed by atoms with Crippen molar-refractivity contribution < 1.29 is 8.78 Å². The molecule has 0 aliphatic heterocycles. The van der Waals surface area contributed by atoms with Crippen LogP contribution in [0, 0.1) is 18.6 Å². The number of nitrogens with zero attached hydrogens (tertiary/aromatic N) is 3. The zero-order valence-corrected chi connectivity index (χ0v) is 15.2. The number of aliphatic imine (C=N–C) groups is 2. The molecule has 0 unspecified atom stereocenters. The predicted molar refractivity (Wildman–Crippen MR) is 107 cm³/mol. The van der Waals surface area contributed by atoms with Crippen LogP contribution in [0.4, 0.5) is 14.5 Å². The van der Waals surface area contributed by atoms with Crippen molar-refractivity contribution in [3.63, 3.8) is 0 Å². The van der Waals surface area contributed by atoms with Gasteiger partial charge in [0.1, 0.15) is 11.6 Å². The maximum Gasteiger partial charge on any atom is 0.160 e. The number of hydrogen-bond acceptors (Lipinski definition) is 3. The molecule has 1 heterocycles. The third-order valence-electron chi connectivity index (χ3n) is 3.69. The summed E-state index contributed by atoms with van der Waals surface area (Å²) in [5.74, 6) is -0.755. The van der Waals surface area contributed by atoms with Crippen LogP contribution in [0.5, 0.6) is 0 Å². The highest BCUT2D eigenvalue weighted by molar-refractivity contribution is 6.02. The fourth-order valence-corrected chi connectivity index (χ4v) is 2.48. The van der Waals surface area contributed by atoms with Crippen molar-refractivity contribution in [2.45, 2.75) is 6.92 Å². The molecule has 0 saturated heterocycles. The SMILES string of the molecule is C=NC(=Nc1ccc(-c2cc(F)cc(F)c2)cc1C)c1cccnc1.CN. The van der Waals surface area contributed by atoms with Crippen molar-refractivity contribution in [1.29, 1.82) is 0 Å². The zero-order chi connectivity index (χ0) is 19.8. The fraction of sp³-hybridized carbons (Fsp3) is 0.0952. The largest absolute Gasteiger partial charge is 0.333 e. The summed E-state index contributed by atoms with van der Waals surface area (Å²) in [6.45, 7) is 5.43. The van der Waals surface area contributed by atoms with Gasteiger partial charge in [0.25, 0.3) is 0 Å². The summed E-state index contributed by atoms with van der Waals surface area (Å²) in [5, 5.41) is 0. The van der Waals surface area contributed by atoms with Crippen molar-refractivity contribution >= 4 is 18.2 Å². The summed E-state index contributed by atoms with van der Waals surface area (Å²) in [6, 6.07) is 12.5. The number of aryl methyl sites for hydroxylation is 1. The van der Waals surface area contributed by atoms with Gasteiger partial charge in [-0.1, -0.05) is 6.07 Å². The quantitative estimate of drug-likeness (QED) is 0.540. The molecule has 0 aliphatic carbocycles. The smallest absolute Gasteiger partial charge is 0.160 e. The highest BCUT2D eigenvalue weighted by atomic mass is 19.1. The number of rotatable bonds is 3. The van der Waals surface area contributed by atoms with Gasteiger partial charge in [0.2, 0.25) is 0 Å². The molecule has 0 amide bonds. The molecular formula is C21H20F2N4. The van der Waals surface area contributed by atoms with Gasteiger partial charge in [-0.25, -0.2) is 18.8 Å². The molecule has 138 valence electrons. The first-order valence-corrected chi connectivity index (χ1v) is 8.17. The molecule has 4 nitrogen and oxygen atoms in total. The minimum absolute atomic E-state index is 0.459. The molecule has 3 rings (SSSR count). The molecule has 6 heteroatoms. The van der Waals surface area contributed by atoms with Crippen molar-refractivity contribution in [3.05, 3.63) is 83.7 Å². The fourth-order valence-electron chi connectivity index (χ4n) is 2.48. The Morgan fingerprint density at radius 3 is 2.26 bits per heavy atom. The van der Waals surface area contributed by atoms with Crippen LogP contribution in [0.2, 0.25) is 0 Å². The third kappa shape index (κ3) is 5.12. The van der Waals surface area contributed by atoms with Gasteiger partial charge in [-0.3, -0.25) is 4.98 Å². The van der Waals surface area contributed by atoms with Crippen LogP contribution in [0.1, 0.15) is 11.1 Å². The second kappa shape index (κ2) is 9.45. The number of aromatic nitrogens is 1. The minimum Gasteiger partial charge on any atom is -0.333 e. The summed E-state index contributed by atoms with van der Waals surface area (Å²) >= 11 is 0. The molecule has 0 bridgehead atoms. The topological polar surface area (TPSA) is 63.6 Å². The Morgan fingerprint density at radius 2 is 1.70 bits per heavy atom. The van der Waals surface area contributed by atoms with Crippen LogP contribution < -0.4 is 5.73 Å². The molecule has 0 aliphatic rings. The van der Waals surface area contributed by atoms with E-state index in [1.807, 2.05) is 19.1 Å². The van der Waals surface area contributed by atoms with E-state index in [4.69, 9.17) is 0 Å². The molecule has 3 aromatic rings. The van der Waals surface area contributed by atoms with Gasteiger partial charge in [0.15, 0.2) is 5.84 Å². The summed E-state index contributed by atoms with van der Waals surface area (Å²) in [5.41, 5.74) is 8.00. The molecule has 2 aromatic carbocycles. The predicted octanol–water partition coefficient (Wildman–Crippen LogP) is 4.69. The lowest BCUT2D eigenvalue weighted by Crippen LogP contribution is -1.96. The van der Waals surface area contributed by atoms with E-state index in [0.29, 0.717) is 22.6 Å². The van der Waals surface area contributed by atoms with E-state index in [2.05, 4.69) is 27.4 Å². The number of pyridine rings is 1. The second-order valence-corrected chi connectivity index (χ2v) is 5.49. The minimum atomic E-state index is -0.607. The van der Waals surface area contributed by atoms with Gasteiger partial charge in [-0.15, -0.1) is 0 Å².